The van der Waals surface area contributed by atoms with Gasteiger partial charge in [0.2, 0.25) is 5.91 Å². The number of hydrogen-bond donors (Lipinski definition) is 1. The Balaban J connectivity index is 2.26. The Kier molecular flexibility index (Phi) is 6.95. The first-order valence-electron chi connectivity index (χ1n) is 9.68. The first-order chi connectivity index (χ1) is 13.3. The molecule has 0 unspecified atom stereocenters. The van der Waals surface area contributed by atoms with Gasteiger partial charge in [-0.1, -0.05) is 6.07 Å². The van der Waals surface area contributed by atoms with E-state index in [0.29, 0.717) is 11.5 Å². The van der Waals surface area contributed by atoms with Crippen LogP contribution in [0.15, 0.2) is 36.4 Å². The molecule has 0 heterocycles. The van der Waals surface area contributed by atoms with Gasteiger partial charge >= 0.3 is 0 Å². The molecule has 0 radical (unpaired) electrons. The van der Waals surface area contributed by atoms with E-state index in [1.807, 2.05) is 45.0 Å². The van der Waals surface area contributed by atoms with Gasteiger partial charge in [-0.3, -0.25) is 4.79 Å². The Morgan fingerprint density at radius 1 is 1.00 bits per heavy atom. The second-order valence-electron chi connectivity index (χ2n) is 7.32. The number of nitrogens with zero attached hydrogens (tertiary/aromatic N) is 1. The van der Waals surface area contributed by atoms with Crippen LogP contribution in [0.5, 0.6) is 11.5 Å². The summed E-state index contributed by atoms with van der Waals surface area (Å²) >= 11 is 0. The molecule has 2 aromatic carbocycles. The van der Waals surface area contributed by atoms with Crippen molar-refractivity contribution in [3.05, 3.63) is 47.5 Å². The summed E-state index contributed by atoms with van der Waals surface area (Å²) < 4.78 is 10.7. The van der Waals surface area contributed by atoms with Crippen molar-refractivity contribution >= 4 is 17.3 Å². The molecule has 28 heavy (non-hydrogen) atoms. The van der Waals surface area contributed by atoms with Crippen molar-refractivity contribution in [1.29, 1.82) is 0 Å². The average Bonchev–Trinajstić information content (AvgIpc) is 2.70. The maximum absolute atomic E-state index is 13.1. The summed E-state index contributed by atoms with van der Waals surface area (Å²) in [6.45, 7) is 12.0. The van der Waals surface area contributed by atoms with Gasteiger partial charge in [0.1, 0.15) is 0 Å². The molecule has 152 valence electrons. The van der Waals surface area contributed by atoms with Crippen LogP contribution in [-0.4, -0.2) is 33.2 Å². The number of hydrogen-bond acceptors (Lipinski definition) is 4. The minimum Gasteiger partial charge on any atom is -0.493 e. The van der Waals surface area contributed by atoms with E-state index in [1.165, 1.54) is 5.69 Å². The highest BCUT2D eigenvalue weighted by Gasteiger charge is 2.31. The van der Waals surface area contributed by atoms with Gasteiger partial charge in [0.25, 0.3) is 0 Å². The second kappa shape index (κ2) is 9.00. The predicted octanol–water partition coefficient (Wildman–Crippen LogP) is 4.77. The maximum atomic E-state index is 13.1. The third kappa shape index (κ3) is 4.41. The van der Waals surface area contributed by atoms with E-state index in [9.17, 15) is 4.79 Å². The number of anilines is 2. The number of amides is 1. The number of carbonyl (C=O) groups is 1. The number of methoxy groups -OCH3 is 2. The van der Waals surface area contributed by atoms with Gasteiger partial charge < -0.3 is 19.7 Å². The topological polar surface area (TPSA) is 50.8 Å². The van der Waals surface area contributed by atoms with E-state index in [4.69, 9.17) is 9.47 Å². The standard InChI is InChI=1S/C23H32N2O3/c1-8-25(9-2)18-11-12-19(16(3)14-18)24-22(26)23(4,5)17-10-13-20(27-6)21(15-17)28-7/h10-15H,8-9H2,1-7H3,(H,24,26). The molecule has 0 aliphatic carbocycles. The Morgan fingerprint density at radius 3 is 2.18 bits per heavy atom. The molecule has 0 aromatic heterocycles. The quantitative estimate of drug-likeness (QED) is 0.712. The van der Waals surface area contributed by atoms with E-state index >= 15 is 0 Å². The molecule has 0 aliphatic heterocycles. The van der Waals surface area contributed by atoms with Crippen molar-refractivity contribution in [2.45, 2.75) is 40.0 Å². The number of rotatable bonds is 8. The summed E-state index contributed by atoms with van der Waals surface area (Å²) in [6.07, 6.45) is 0. The van der Waals surface area contributed by atoms with Crippen molar-refractivity contribution < 1.29 is 14.3 Å². The van der Waals surface area contributed by atoms with E-state index in [0.717, 1.165) is 29.9 Å². The maximum Gasteiger partial charge on any atom is 0.234 e. The van der Waals surface area contributed by atoms with Crippen molar-refractivity contribution in [3.63, 3.8) is 0 Å². The van der Waals surface area contributed by atoms with Crippen LogP contribution in [0.2, 0.25) is 0 Å². The fourth-order valence-electron chi connectivity index (χ4n) is 3.21. The summed E-state index contributed by atoms with van der Waals surface area (Å²) in [5.41, 5.74) is 3.17. The van der Waals surface area contributed by atoms with Gasteiger partial charge in [0.05, 0.1) is 19.6 Å². The van der Waals surface area contributed by atoms with Crippen molar-refractivity contribution in [2.24, 2.45) is 0 Å². The van der Waals surface area contributed by atoms with E-state index in [1.54, 1.807) is 14.2 Å². The van der Waals surface area contributed by atoms with Crippen LogP contribution in [-0.2, 0) is 10.2 Å². The van der Waals surface area contributed by atoms with Crippen molar-refractivity contribution in [2.75, 3.05) is 37.5 Å². The smallest absolute Gasteiger partial charge is 0.234 e. The lowest BCUT2D eigenvalue weighted by Gasteiger charge is -2.26. The van der Waals surface area contributed by atoms with E-state index in [-0.39, 0.29) is 5.91 Å². The largest absolute Gasteiger partial charge is 0.493 e. The summed E-state index contributed by atoms with van der Waals surface area (Å²) in [5.74, 6) is 1.18. The highest BCUT2D eigenvalue weighted by Crippen LogP contribution is 2.34. The molecule has 0 fully saturated rings. The molecule has 0 atom stereocenters. The van der Waals surface area contributed by atoms with Crippen molar-refractivity contribution in [1.82, 2.24) is 0 Å². The van der Waals surface area contributed by atoms with E-state index < -0.39 is 5.41 Å². The van der Waals surface area contributed by atoms with Gasteiger partial charge in [0.15, 0.2) is 11.5 Å². The molecule has 2 aromatic rings. The number of benzene rings is 2. The predicted molar refractivity (Wildman–Crippen MR) is 116 cm³/mol. The zero-order valence-corrected chi connectivity index (χ0v) is 18.1. The monoisotopic (exact) mass is 384 g/mol. The third-order valence-electron chi connectivity index (χ3n) is 5.26. The Bertz CT molecular complexity index is 827. The van der Waals surface area contributed by atoms with Gasteiger partial charge in [-0.05, 0) is 76.1 Å². The van der Waals surface area contributed by atoms with Crippen molar-refractivity contribution in [3.8, 4) is 11.5 Å². The molecular formula is C23H32N2O3. The van der Waals surface area contributed by atoms with Gasteiger partial charge in [0, 0.05) is 24.5 Å². The molecular weight excluding hydrogens is 352 g/mol. The summed E-state index contributed by atoms with van der Waals surface area (Å²) in [5, 5.41) is 3.09. The SMILES string of the molecule is CCN(CC)c1ccc(NC(=O)C(C)(C)c2ccc(OC)c(OC)c2)c(C)c1. The normalized spacial score (nSPS) is 11.1. The number of carbonyl (C=O) groups excluding carboxylic acids is 1. The second-order valence-corrected chi connectivity index (χ2v) is 7.32. The lowest BCUT2D eigenvalue weighted by molar-refractivity contribution is -0.120. The number of aryl methyl sites for hydroxylation is 1. The minimum absolute atomic E-state index is 0.0709. The van der Waals surface area contributed by atoms with Crippen LogP contribution in [0.1, 0.15) is 38.8 Å². The first kappa shape index (κ1) is 21.6. The highest BCUT2D eigenvalue weighted by atomic mass is 16.5. The minimum atomic E-state index is -0.733. The summed E-state index contributed by atoms with van der Waals surface area (Å²) in [7, 11) is 3.19. The van der Waals surface area contributed by atoms with Gasteiger partial charge in [-0.15, -0.1) is 0 Å². The Hall–Kier alpha value is -2.69. The summed E-state index contributed by atoms with van der Waals surface area (Å²) in [6, 6.07) is 11.7. The first-order valence-corrected chi connectivity index (χ1v) is 9.68. The van der Waals surface area contributed by atoms with Gasteiger partial charge in [-0.2, -0.15) is 0 Å². The fraction of sp³-hybridized carbons (Fsp3) is 0.435. The van der Waals surface area contributed by atoms with Crippen LogP contribution in [0.25, 0.3) is 0 Å². The van der Waals surface area contributed by atoms with Crippen LogP contribution < -0.4 is 19.7 Å². The molecule has 5 heteroatoms. The Labute approximate surface area is 168 Å². The Morgan fingerprint density at radius 2 is 1.64 bits per heavy atom. The molecule has 5 nitrogen and oxygen atoms in total. The molecule has 0 aliphatic rings. The lowest BCUT2D eigenvalue weighted by atomic mass is 9.83. The fourth-order valence-corrected chi connectivity index (χ4v) is 3.21. The number of ether oxygens (including phenoxy) is 2. The van der Waals surface area contributed by atoms with Crippen LogP contribution in [0.4, 0.5) is 11.4 Å². The lowest BCUT2D eigenvalue weighted by Crippen LogP contribution is -2.35. The zero-order chi connectivity index (χ0) is 20.9. The molecule has 0 bridgehead atoms. The zero-order valence-electron chi connectivity index (χ0n) is 18.1. The van der Waals surface area contributed by atoms with Crippen LogP contribution in [0, 0.1) is 6.92 Å². The van der Waals surface area contributed by atoms with E-state index in [2.05, 4.69) is 36.2 Å². The molecule has 0 saturated carbocycles. The van der Waals surface area contributed by atoms with Crippen LogP contribution in [0.3, 0.4) is 0 Å². The molecule has 1 amide bonds. The van der Waals surface area contributed by atoms with Crippen LogP contribution >= 0.6 is 0 Å². The van der Waals surface area contributed by atoms with Gasteiger partial charge in [-0.25, -0.2) is 0 Å². The number of nitrogens with one attached hydrogen (secondary N) is 1. The molecule has 1 N–H and O–H groups in total. The third-order valence-corrected chi connectivity index (χ3v) is 5.26. The molecule has 0 saturated heterocycles. The molecule has 2 rings (SSSR count). The summed E-state index contributed by atoms with van der Waals surface area (Å²) in [4.78, 5) is 15.4. The molecule has 0 spiro atoms. The average molecular weight is 385 g/mol. The highest BCUT2D eigenvalue weighted by molar-refractivity contribution is 5.99.